The smallest absolute Gasteiger partial charge is 0.110 e. The van der Waals surface area contributed by atoms with Gasteiger partial charge in [-0.3, -0.25) is 4.68 Å². The lowest BCUT2D eigenvalue weighted by Crippen LogP contribution is -2.26. The number of likely N-dealkylation sites (N-methyl/N-ethyl adjacent to an activating group) is 1. The SMILES string of the molecule is CCNC(Cc1nccn1C)c1cc(CC)nn1CC. The second-order valence-corrected chi connectivity index (χ2v) is 5.00. The summed E-state index contributed by atoms with van der Waals surface area (Å²) in [6.07, 6.45) is 5.70. The molecule has 2 aromatic heterocycles. The molecule has 1 unspecified atom stereocenters. The average Bonchev–Trinajstić information content (AvgIpc) is 3.04. The zero-order valence-corrected chi connectivity index (χ0v) is 12.9. The molecule has 5 heteroatoms. The quantitative estimate of drug-likeness (QED) is 0.841. The molecule has 1 atom stereocenters. The number of rotatable bonds is 7. The van der Waals surface area contributed by atoms with E-state index in [1.807, 2.05) is 19.4 Å². The molecule has 2 heterocycles. The third-order valence-corrected chi connectivity index (χ3v) is 3.64. The fourth-order valence-corrected chi connectivity index (χ4v) is 2.50. The molecule has 0 aliphatic rings. The zero-order valence-electron chi connectivity index (χ0n) is 12.9. The predicted octanol–water partition coefficient (Wildman–Crippen LogP) is 2.09. The minimum Gasteiger partial charge on any atom is -0.338 e. The maximum Gasteiger partial charge on any atom is 0.110 e. The Morgan fingerprint density at radius 1 is 1.30 bits per heavy atom. The first-order chi connectivity index (χ1) is 9.69. The summed E-state index contributed by atoms with van der Waals surface area (Å²) in [6, 6.07) is 2.48. The van der Waals surface area contributed by atoms with E-state index in [-0.39, 0.29) is 6.04 Å². The lowest BCUT2D eigenvalue weighted by atomic mass is 10.1. The highest BCUT2D eigenvalue weighted by molar-refractivity contribution is 5.16. The number of nitrogens with zero attached hydrogens (tertiary/aromatic N) is 4. The number of imidazole rings is 1. The molecule has 0 aliphatic carbocycles. The van der Waals surface area contributed by atoms with Crippen LogP contribution in [0.3, 0.4) is 0 Å². The molecular weight excluding hydrogens is 250 g/mol. The van der Waals surface area contributed by atoms with E-state index in [1.54, 1.807) is 0 Å². The van der Waals surface area contributed by atoms with E-state index in [0.29, 0.717) is 0 Å². The van der Waals surface area contributed by atoms with Crippen molar-refractivity contribution in [3.63, 3.8) is 0 Å². The van der Waals surface area contributed by atoms with E-state index < -0.39 is 0 Å². The zero-order chi connectivity index (χ0) is 14.5. The molecule has 110 valence electrons. The van der Waals surface area contributed by atoms with E-state index in [0.717, 1.165) is 37.4 Å². The molecule has 2 aromatic rings. The highest BCUT2D eigenvalue weighted by Gasteiger charge is 2.18. The summed E-state index contributed by atoms with van der Waals surface area (Å²) in [6.45, 7) is 8.26. The largest absolute Gasteiger partial charge is 0.338 e. The van der Waals surface area contributed by atoms with Crippen molar-refractivity contribution in [3.05, 3.63) is 35.7 Å². The van der Waals surface area contributed by atoms with Crippen LogP contribution in [0, 0.1) is 0 Å². The first-order valence-corrected chi connectivity index (χ1v) is 7.45. The van der Waals surface area contributed by atoms with Gasteiger partial charge in [0.1, 0.15) is 5.82 Å². The van der Waals surface area contributed by atoms with Crippen molar-refractivity contribution < 1.29 is 0 Å². The Morgan fingerprint density at radius 3 is 2.65 bits per heavy atom. The van der Waals surface area contributed by atoms with E-state index in [1.165, 1.54) is 5.69 Å². The van der Waals surface area contributed by atoms with Crippen molar-refractivity contribution in [3.8, 4) is 0 Å². The van der Waals surface area contributed by atoms with Crippen LogP contribution in [-0.4, -0.2) is 25.9 Å². The third kappa shape index (κ3) is 3.10. The maximum atomic E-state index is 4.65. The molecule has 0 spiro atoms. The van der Waals surface area contributed by atoms with Gasteiger partial charge in [-0.15, -0.1) is 0 Å². The Balaban J connectivity index is 2.28. The van der Waals surface area contributed by atoms with E-state index in [2.05, 4.69) is 51.5 Å². The third-order valence-electron chi connectivity index (χ3n) is 3.64. The van der Waals surface area contributed by atoms with Crippen LogP contribution >= 0.6 is 0 Å². The van der Waals surface area contributed by atoms with Gasteiger partial charge in [-0.2, -0.15) is 5.10 Å². The summed E-state index contributed by atoms with van der Waals surface area (Å²) in [5.74, 6) is 1.10. The van der Waals surface area contributed by atoms with Gasteiger partial charge in [-0.05, 0) is 26.0 Å². The van der Waals surface area contributed by atoms with Crippen LogP contribution < -0.4 is 5.32 Å². The van der Waals surface area contributed by atoms with Gasteiger partial charge < -0.3 is 9.88 Å². The topological polar surface area (TPSA) is 47.7 Å². The van der Waals surface area contributed by atoms with Crippen molar-refractivity contribution in [1.29, 1.82) is 0 Å². The second kappa shape index (κ2) is 6.70. The van der Waals surface area contributed by atoms with Crippen molar-refractivity contribution in [2.75, 3.05) is 6.54 Å². The van der Waals surface area contributed by atoms with Crippen LogP contribution in [0.2, 0.25) is 0 Å². The lowest BCUT2D eigenvalue weighted by Gasteiger charge is -2.18. The van der Waals surface area contributed by atoms with Crippen molar-refractivity contribution in [1.82, 2.24) is 24.6 Å². The summed E-state index contributed by atoms with van der Waals surface area (Å²) < 4.78 is 4.19. The Labute approximate surface area is 121 Å². The molecule has 0 saturated carbocycles. The maximum absolute atomic E-state index is 4.65. The molecule has 5 nitrogen and oxygen atoms in total. The van der Waals surface area contributed by atoms with Crippen LogP contribution in [0.25, 0.3) is 0 Å². The molecule has 0 bridgehead atoms. The normalized spacial score (nSPS) is 12.8. The van der Waals surface area contributed by atoms with E-state index >= 15 is 0 Å². The van der Waals surface area contributed by atoms with Crippen LogP contribution in [-0.2, 0) is 26.4 Å². The molecule has 0 aliphatic heterocycles. The van der Waals surface area contributed by atoms with Crippen molar-refractivity contribution in [2.45, 2.75) is 46.2 Å². The first-order valence-electron chi connectivity index (χ1n) is 7.45. The van der Waals surface area contributed by atoms with Crippen molar-refractivity contribution >= 4 is 0 Å². The minimum absolute atomic E-state index is 0.258. The summed E-state index contributed by atoms with van der Waals surface area (Å²) in [5, 5.41) is 8.21. The van der Waals surface area contributed by atoms with Gasteiger partial charge in [0.15, 0.2) is 0 Å². The number of aryl methyl sites for hydroxylation is 3. The second-order valence-electron chi connectivity index (χ2n) is 5.00. The van der Waals surface area contributed by atoms with Gasteiger partial charge in [-0.1, -0.05) is 13.8 Å². The fourth-order valence-electron chi connectivity index (χ4n) is 2.50. The molecule has 0 fully saturated rings. The molecule has 0 saturated heterocycles. The molecular formula is C15H25N5. The van der Waals surface area contributed by atoms with Gasteiger partial charge in [0.2, 0.25) is 0 Å². The van der Waals surface area contributed by atoms with E-state index in [9.17, 15) is 0 Å². The van der Waals surface area contributed by atoms with Crippen LogP contribution in [0.1, 0.15) is 44.0 Å². The first kappa shape index (κ1) is 14.8. The summed E-state index contributed by atoms with van der Waals surface area (Å²) in [5.41, 5.74) is 2.42. The summed E-state index contributed by atoms with van der Waals surface area (Å²) in [7, 11) is 2.04. The van der Waals surface area contributed by atoms with Crippen LogP contribution in [0.5, 0.6) is 0 Å². The number of aromatic nitrogens is 4. The molecule has 0 radical (unpaired) electrons. The highest BCUT2D eigenvalue weighted by Crippen LogP contribution is 2.19. The lowest BCUT2D eigenvalue weighted by molar-refractivity contribution is 0.477. The van der Waals surface area contributed by atoms with E-state index in [4.69, 9.17) is 0 Å². The molecule has 1 N–H and O–H groups in total. The van der Waals surface area contributed by atoms with Crippen LogP contribution in [0.4, 0.5) is 0 Å². The van der Waals surface area contributed by atoms with Gasteiger partial charge in [0, 0.05) is 32.4 Å². The summed E-state index contributed by atoms with van der Waals surface area (Å²) in [4.78, 5) is 4.44. The summed E-state index contributed by atoms with van der Waals surface area (Å²) >= 11 is 0. The Hall–Kier alpha value is -1.62. The standard InChI is InChI=1S/C15H25N5/c1-5-12-10-14(20(7-3)18-12)13(16-6-2)11-15-17-8-9-19(15)4/h8-10,13,16H,5-7,11H2,1-4H3. The van der Waals surface area contributed by atoms with Gasteiger partial charge >= 0.3 is 0 Å². The fraction of sp³-hybridized carbons (Fsp3) is 0.600. The molecule has 0 aromatic carbocycles. The average molecular weight is 275 g/mol. The minimum atomic E-state index is 0.258. The van der Waals surface area contributed by atoms with Crippen LogP contribution in [0.15, 0.2) is 18.5 Å². The van der Waals surface area contributed by atoms with Gasteiger partial charge in [0.05, 0.1) is 17.4 Å². The van der Waals surface area contributed by atoms with Gasteiger partial charge in [0.25, 0.3) is 0 Å². The molecule has 20 heavy (non-hydrogen) atoms. The Bertz CT molecular complexity index is 540. The number of hydrogen-bond donors (Lipinski definition) is 1. The molecule has 2 rings (SSSR count). The Morgan fingerprint density at radius 2 is 2.10 bits per heavy atom. The monoisotopic (exact) mass is 275 g/mol. The highest BCUT2D eigenvalue weighted by atomic mass is 15.3. The van der Waals surface area contributed by atoms with Gasteiger partial charge in [-0.25, -0.2) is 4.98 Å². The Kier molecular flexibility index (Phi) is 4.95. The molecule has 0 amide bonds. The predicted molar refractivity (Wildman–Crippen MR) is 80.6 cm³/mol. The number of nitrogens with one attached hydrogen (secondary N) is 1. The van der Waals surface area contributed by atoms with Crippen molar-refractivity contribution in [2.24, 2.45) is 7.05 Å². The number of hydrogen-bond acceptors (Lipinski definition) is 3.